The van der Waals surface area contributed by atoms with Crippen molar-refractivity contribution in [3.8, 4) is 0 Å². The minimum atomic E-state index is 0.133. The van der Waals surface area contributed by atoms with Crippen LogP contribution in [0.4, 0.5) is 0 Å². The van der Waals surface area contributed by atoms with Crippen LogP contribution in [0.15, 0.2) is 0 Å². The molecule has 0 aliphatic carbocycles. The quantitative estimate of drug-likeness (QED) is 0.654. The van der Waals surface area contributed by atoms with Crippen molar-refractivity contribution in [1.29, 1.82) is 0 Å². The van der Waals surface area contributed by atoms with Gasteiger partial charge in [0.2, 0.25) is 0 Å². The van der Waals surface area contributed by atoms with Crippen molar-refractivity contribution in [1.82, 2.24) is 4.90 Å². The van der Waals surface area contributed by atoms with E-state index in [1.165, 1.54) is 19.4 Å². The predicted octanol–water partition coefficient (Wildman–Crippen LogP) is 1.12. The van der Waals surface area contributed by atoms with E-state index in [2.05, 4.69) is 18.7 Å². The number of rotatable bonds is 6. The van der Waals surface area contributed by atoms with Crippen molar-refractivity contribution in [2.45, 2.75) is 32.7 Å². The highest BCUT2D eigenvalue weighted by Gasteiger charge is 2.26. The minimum Gasteiger partial charge on any atom is -0.394 e. The molecule has 0 aromatic carbocycles. The minimum absolute atomic E-state index is 0.133. The van der Waals surface area contributed by atoms with Gasteiger partial charge in [-0.1, -0.05) is 13.8 Å². The lowest BCUT2D eigenvalue weighted by atomic mass is 10.0. The number of likely N-dealkylation sites (tertiary alicyclic amines) is 1. The van der Waals surface area contributed by atoms with Crippen LogP contribution in [0.25, 0.3) is 0 Å². The smallest absolute Gasteiger partial charge is 0.0698 e. The Morgan fingerprint density at radius 2 is 2.21 bits per heavy atom. The second-order valence-corrected chi connectivity index (χ2v) is 4.33. The molecule has 0 saturated carbocycles. The molecule has 1 unspecified atom stereocenters. The molecule has 14 heavy (non-hydrogen) atoms. The van der Waals surface area contributed by atoms with Crippen LogP contribution < -0.4 is 0 Å². The highest BCUT2D eigenvalue weighted by Crippen LogP contribution is 2.22. The first-order valence-electron chi connectivity index (χ1n) is 5.68. The van der Waals surface area contributed by atoms with Crippen LogP contribution in [0.3, 0.4) is 0 Å². The molecule has 0 amide bonds. The first-order chi connectivity index (χ1) is 6.75. The molecule has 0 aromatic rings. The zero-order valence-electron chi connectivity index (χ0n) is 9.41. The van der Waals surface area contributed by atoms with Gasteiger partial charge in [0.25, 0.3) is 0 Å². The molecule has 3 heteroatoms. The first-order valence-corrected chi connectivity index (χ1v) is 5.68. The van der Waals surface area contributed by atoms with Crippen molar-refractivity contribution < 1.29 is 9.84 Å². The standard InChI is InChI=1S/C11H23NO2/c1-10(2)11-4-3-5-12(11)6-8-14-9-7-13/h10-11,13H,3-9H2,1-2H3. The molecule has 0 aromatic heterocycles. The number of aliphatic hydroxyl groups is 1. The van der Waals surface area contributed by atoms with Crippen molar-refractivity contribution >= 4 is 0 Å². The Kier molecular flexibility index (Phi) is 5.45. The molecule has 0 radical (unpaired) electrons. The highest BCUT2D eigenvalue weighted by atomic mass is 16.5. The predicted molar refractivity (Wildman–Crippen MR) is 57.3 cm³/mol. The van der Waals surface area contributed by atoms with E-state index in [0.717, 1.165) is 25.1 Å². The summed E-state index contributed by atoms with van der Waals surface area (Å²) < 4.78 is 5.28. The van der Waals surface area contributed by atoms with E-state index in [-0.39, 0.29) is 6.61 Å². The van der Waals surface area contributed by atoms with Crippen LogP contribution in [-0.2, 0) is 4.74 Å². The summed E-state index contributed by atoms with van der Waals surface area (Å²) in [6.07, 6.45) is 2.65. The molecule has 1 rings (SSSR count). The topological polar surface area (TPSA) is 32.7 Å². The fourth-order valence-electron chi connectivity index (χ4n) is 2.23. The summed E-state index contributed by atoms with van der Waals surface area (Å²) in [4.78, 5) is 2.52. The van der Waals surface area contributed by atoms with Gasteiger partial charge in [0, 0.05) is 12.6 Å². The molecule has 0 spiro atoms. The Morgan fingerprint density at radius 3 is 2.86 bits per heavy atom. The Labute approximate surface area is 87.1 Å². The third-order valence-corrected chi connectivity index (χ3v) is 2.94. The average molecular weight is 201 g/mol. The van der Waals surface area contributed by atoms with E-state index < -0.39 is 0 Å². The fraction of sp³-hybridized carbons (Fsp3) is 1.00. The molecule has 0 bridgehead atoms. The number of nitrogens with zero attached hydrogens (tertiary/aromatic N) is 1. The maximum absolute atomic E-state index is 8.56. The van der Waals surface area contributed by atoms with Gasteiger partial charge in [-0.15, -0.1) is 0 Å². The zero-order chi connectivity index (χ0) is 10.4. The summed E-state index contributed by atoms with van der Waals surface area (Å²) in [5.74, 6) is 0.746. The summed E-state index contributed by atoms with van der Waals surface area (Å²) in [7, 11) is 0. The van der Waals surface area contributed by atoms with Crippen molar-refractivity contribution in [2.75, 3.05) is 32.9 Å². The molecule has 1 aliphatic heterocycles. The van der Waals surface area contributed by atoms with Crippen LogP contribution in [0.1, 0.15) is 26.7 Å². The SMILES string of the molecule is CC(C)C1CCCN1CCOCCO. The molecule has 1 atom stereocenters. The van der Waals surface area contributed by atoms with Gasteiger partial charge in [-0.2, -0.15) is 0 Å². The second kappa shape index (κ2) is 6.38. The lowest BCUT2D eigenvalue weighted by molar-refractivity contribution is 0.0664. The summed E-state index contributed by atoms with van der Waals surface area (Å²) >= 11 is 0. The Bertz CT molecular complexity index is 150. The molecule has 3 nitrogen and oxygen atoms in total. The van der Waals surface area contributed by atoms with E-state index in [9.17, 15) is 0 Å². The lowest BCUT2D eigenvalue weighted by Crippen LogP contribution is -2.36. The summed E-state index contributed by atoms with van der Waals surface area (Å²) in [6, 6.07) is 0.743. The lowest BCUT2D eigenvalue weighted by Gasteiger charge is -2.27. The van der Waals surface area contributed by atoms with E-state index in [4.69, 9.17) is 9.84 Å². The molecule has 1 fully saturated rings. The first kappa shape index (κ1) is 12.0. The average Bonchev–Trinajstić information content (AvgIpc) is 2.60. The summed E-state index contributed by atoms with van der Waals surface area (Å²) in [5, 5.41) is 8.56. The monoisotopic (exact) mass is 201 g/mol. The van der Waals surface area contributed by atoms with Crippen molar-refractivity contribution in [2.24, 2.45) is 5.92 Å². The van der Waals surface area contributed by atoms with Crippen LogP contribution in [0.5, 0.6) is 0 Å². The molecular weight excluding hydrogens is 178 g/mol. The maximum Gasteiger partial charge on any atom is 0.0698 e. The molecule has 1 aliphatic rings. The Balaban J connectivity index is 2.16. The Hall–Kier alpha value is -0.120. The van der Waals surface area contributed by atoms with Crippen molar-refractivity contribution in [3.05, 3.63) is 0 Å². The Morgan fingerprint density at radius 1 is 1.43 bits per heavy atom. The molecular formula is C11H23NO2. The summed E-state index contributed by atoms with van der Waals surface area (Å²) in [6.45, 7) is 8.17. The van der Waals surface area contributed by atoms with Crippen LogP contribution in [0.2, 0.25) is 0 Å². The zero-order valence-corrected chi connectivity index (χ0v) is 9.41. The van der Waals surface area contributed by atoms with Gasteiger partial charge in [0.05, 0.1) is 19.8 Å². The van der Waals surface area contributed by atoms with Crippen LogP contribution in [0, 0.1) is 5.92 Å². The van der Waals surface area contributed by atoms with Gasteiger partial charge in [0.15, 0.2) is 0 Å². The van der Waals surface area contributed by atoms with Crippen LogP contribution >= 0.6 is 0 Å². The second-order valence-electron chi connectivity index (χ2n) is 4.33. The molecule has 84 valence electrons. The maximum atomic E-state index is 8.56. The van der Waals surface area contributed by atoms with E-state index >= 15 is 0 Å². The van der Waals surface area contributed by atoms with Gasteiger partial charge in [0.1, 0.15) is 0 Å². The van der Waals surface area contributed by atoms with Gasteiger partial charge >= 0.3 is 0 Å². The van der Waals surface area contributed by atoms with Crippen molar-refractivity contribution in [3.63, 3.8) is 0 Å². The third kappa shape index (κ3) is 3.56. The van der Waals surface area contributed by atoms with E-state index in [1.54, 1.807) is 0 Å². The summed E-state index contributed by atoms with van der Waals surface area (Å²) in [5.41, 5.74) is 0. The van der Waals surface area contributed by atoms with E-state index in [0.29, 0.717) is 6.61 Å². The van der Waals surface area contributed by atoms with Crippen LogP contribution in [-0.4, -0.2) is 49.0 Å². The van der Waals surface area contributed by atoms with Gasteiger partial charge in [-0.25, -0.2) is 0 Å². The fourth-order valence-corrected chi connectivity index (χ4v) is 2.23. The highest BCUT2D eigenvalue weighted by molar-refractivity contribution is 4.81. The van der Waals surface area contributed by atoms with Gasteiger partial charge in [-0.05, 0) is 25.3 Å². The number of ether oxygens (including phenoxy) is 1. The number of hydrogen-bond donors (Lipinski definition) is 1. The number of aliphatic hydroxyl groups excluding tert-OH is 1. The van der Waals surface area contributed by atoms with Gasteiger partial charge in [-0.3, -0.25) is 4.90 Å². The normalized spacial score (nSPS) is 23.6. The molecule has 1 N–H and O–H groups in total. The van der Waals surface area contributed by atoms with E-state index in [1.807, 2.05) is 0 Å². The largest absolute Gasteiger partial charge is 0.394 e. The number of hydrogen-bond acceptors (Lipinski definition) is 3. The van der Waals surface area contributed by atoms with Gasteiger partial charge < -0.3 is 9.84 Å². The molecule has 1 heterocycles. The molecule has 1 saturated heterocycles. The third-order valence-electron chi connectivity index (χ3n) is 2.94.